The van der Waals surface area contributed by atoms with Crippen LogP contribution in [-0.4, -0.2) is 19.5 Å². The highest BCUT2D eigenvalue weighted by atomic mass is 19.4. The lowest BCUT2D eigenvalue weighted by Gasteiger charge is -2.13. The predicted octanol–water partition coefficient (Wildman–Crippen LogP) is 1.12. The molecule has 0 saturated heterocycles. The summed E-state index contributed by atoms with van der Waals surface area (Å²) in [5.41, 5.74) is 0. The topological polar surface area (TPSA) is 12.0 Å². The van der Waals surface area contributed by atoms with Gasteiger partial charge < -0.3 is 18.3 Å². The van der Waals surface area contributed by atoms with Gasteiger partial charge in [0.25, 0.3) is 0 Å². The Balaban J connectivity index is 2.03. The van der Waals surface area contributed by atoms with Gasteiger partial charge in [-0.3, -0.25) is 0 Å². The monoisotopic (exact) mass is 138 g/mol. The number of rotatable bonds is 3. The van der Waals surface area contributed by atoms with Gasteiger partial charge in [-0.15, -0.1) is 0 Å². The lowest BCUT2D eigenvalue weighted by atomic mass is 9.92. The first-order chi connectivity index (χ1) is 4.08. The van der Waals surface area contributed by atoms with Crippen molar-refractivity contribution in [3.8, 4) is 0 Å². The maximum atomic E-state index is 11.4. The Morgan fingerprint density at radius 2 is 1.89 bits per heavy atom. The first kappa shape index (κ1) is 6.93. The second-order valence-electron chi connectivity index (χ2n) is 2.39. The Morgan fingerprint density at radius 3 is 2.22 bits per heavy atom. The summed E-state index contributed by atoms with van der Waals surface area (Å²) in [6.45, 7) is -4.60. The SMILES string of the molecule is F[B-](F)(F)CNC1CC1. The van der Waals surface area contributed by atoms with Crippen LogP contribution in [0.15, 0.2) is 0 Å². The number of nitrogens with one attached hydrogen (secondary N) is 1. The van der Waals surface area contributed by atoms with Crippen molar-refractivity contribution in [1.29, 1.82) is 0 Å². The molecule has 1 N–H and O–H groups in total. The highest BCUT2D eigenvalue weighted by Gasteiger charge is 2.27. The molecule has 1 rings (SSSR count). The van der Waals surface area contributed by atoms with Crippen LogP contribution in [0.3, 0.4) is 0 Å². The minimum atomic E-state index is -4.60. The van der Waals surface area contributed by atoms with E-state index in [0.29, 0.717) is 0 Å². The quantitative estimate of drug-likeness (QED) is 0.576. The Labute approximate surface area is 51.7 Å². The first-order valence-electron chi connectivity index (χ1n) is 3.02. The maximum Gasteiger partial charge on any atom is 0.491 e. The van der Waals surface area contributed by atoms with Crippen LogP contribution in [0.5, 0.6) is 0 Å². The summed E-state index contributed by atoms with van der Waals surface area (Å²) in [6, 6.07) is 0.161. The molecule has 54 valence electrons. The van der Waals surface area contributed by atoms with Gasteiger partial charge in [0.2, 0.25) is 0 Å². The van der Waals surface area contributed by atoms with Gasteiger partial charge in [-0.2, -0.15) is 0 Å². The molecule has 0 unspecified atom stereocenters. The van der Waals surface area contributed by atoms with Crippen LogP contribution in [0.4, 0.5) is 12.9 Å². The average Bonchev–Trinajstić information content (AvgIpc) is 2.38. The second-order valence-corrected chi connectivity index (χ2v) is 2.39. The molecule has 5 heteroatoms. The van der Waals surface area contributed by atoms with E-state index in [1.165, 1.54) is 0 Å². The number of hydrogen-bond acceptors (Lipinski definition) is 1. The van der Waals surface area contributed by atoms with Gasteiger partial charge in [0.15, 0.2) is 0 Å². The van der Waals surface area contributed by atoms with E-state index in [9.17, 15) is 12.9 Å². The van der Waals surface area contributed by atoms with Crippen molar-refractivity contribution < 1.29 is 12.9 Å². The minimum absolute atomic E-state index is 0.161. The molecule has 0 bridgehead atoms. The van der Waals surface area contributed by atoms with Crippen LogP contribution in [-0.2, 0) is 0 Å². The molecule has 0 aromatic heterocycles. The molecular formula is C4H8BF3N-. The summed E-state index contributed by atoms with van der Waals surface area (Å²) < 4.78 is 34.3. The van der Waals surface area contributed by atoms with E-state index in [1.54, 1.807) is 0 Å². The van der Waals surface area contributed by atoms with E-state index in [4.69, 9.17) is 0 Å². The molecule has 1 aliphatic carbocycles. The van der Waals surface area contributed by atoms with Gasteiger partial charge in [-0.1, -0.05) is 0 Å². The molecule has 0 spiro atoms. The minimum Gasteiger partial charge on any atom is -0.448 e. The van der Waals surface area contributed by atoms with E-state index >= 15 is 0 Å². The van der Waals surface area contributed by atoms with Crippen molar-refractivity contribution in [2.24, 2.45) is 0 Å². The van der Waals surface area contributed by atoms with Crippen molar-refractivity contribution in [2.45, 2.75) is 18.9 Å². The van der Waals surface area contributed by atoms with Crippen molar-refractivity contribution in [2.75, 3.05) is 6.44 Å². The van der Waals surface area contributed by atoms with Gasteiger partial charge in [-0.25, -0.2) is 0 Å². The number of halogens is 3. The Morgan fingerprint density at radius 1 is 1.33 bits per heavy atom. The van der Waals surface area contributed by atoms with Crippen LogP contribution < -0.4 is 5.32 Å². The zero-order valence-corrected chi connectivity index (χ0v) is 4.91. The zero-order valence-electron chi connectivity index (χ0n) is 4.91. The summed E-state index contributed by atoms with van der Waals surface area (Å²) in [7, 11) is 0. The van der Waals surface area contributed by atoms with Crippen molar-refractivity contribution in [1.82, 2.24) is 5.32 Å². The predicted molar refractivity (Wildman–Crippen MR) is 30.1 cm³/mol. The van der Waals surface area contributed by atoms with Gasteiger partial charge >= 0.3 is 6.98 Å². The fraction of sp³-hybridized carbons (Fsp3) is 1.00. The summed E-state index contributed by atoms with van der Waals surface area (Å²) in [5, 5.41) is 2.40. The standard InChI is InChI=1S/C4H8BF3N/c6-5(7,8)3-9-4-1-2-4/h4,9H,1-3H2/q-1. The summed E-state index contributed by atoms with van der Waals surface area (Å²) in [4.78, 5) is 0. The summed E-state index contributed by atoms with van der Waals surface area (Å²) in [5.74, 6) is 0. The Bertz CT molecular complexity index is 98.5. The van der Waals surface area contributed by atoms with Crippen molar-refractivity contribution in [3.05, 3.63) is 0 Å². The molecule has 0 atom stereocenters. The van der Waals surface area contributed by atoms with Crippen LogP contribution in [0.1, 0.15) is 12.8 Å². The van der Waals surface area contributed by atoms with E-state index < -0.39 is 13.4 Å². The van der Waals surface area contributed by atoms with Crippen LogP contribution >= 0.6 is 0 Å². The smallest absolute Gasteiger partial charge is 0.448 e. The summed E-state index contributed by atoms with van der Waals surface area (Å²) in [6.07, 6.45) is 1.04. The zero-order chi connectivity index (χ0) is 6.91. The molecule has 0 radical (unpaired) electrons. The molecule has 9 heavy (non-hydrogen) atoms. The van der Waals surface area contributed by atoms with E-state index in [2.05, 4.69) is 5.32 Å². The van der Waals surface area contributed by atoms with Gasteiger partial charge in [-0.05, 0) is 19.3 Å². The molecule has 1 saturated carbocycles. The molecule has 1 fully saturated rings. The lowest BCUT2D eigenvalue weighted by Crippen LogP contribution is -2.34. The fourth-order valence-electron chi connectivity index (χ4n) is 0.588. The molecule has 1 aliphatic rings. The molecule has 0 aromatic rings. The third kappa shape index (κ3) is 3.40. The molecule has 0 aliphatic heterocycles. The van der Waals surface area contributed by atoms with Crippen LogP contribution in [0, 0.1) is 0 Å². The molecule has 1 nitrogen and oxygen atoms in total. The fourth-order valence-corrected chi connectivity index (χ4v) is 0.588. The van der Waals surface area contributed by atoms with Gasteiger partial charge in [0, 0.05) is 6.04 Å². The van der Waals surface area contributed by atoms with E-state index in [0.717, 1.165) is 12.8 Å². The van der Waals surface area contributed by atoms with Gasteiger partial charge in [0.05, 0.1) is 0 Å². The summed E-state index contributed by atoms with van der Waals surface area (Å²) >= 11 is 0. The van der Waals surface area contributed by atoms with Crippen molar-refractivity contribution in [3.63, 3.8) is 0 Å². The highest BCUT2D eigenvalue weighted by Crippen LogP contribution is 2.19. The maximum absolute atomic E-state index is 11.4. The highest BCUT2D eigenvalue weighted by molar-refractivity contribution is 6.58. The second kappa shape index (κ2) is 2.21. The first-order valence-corrected chi connectivity index (χ1v) is 3.02. The van der Waals surface area contributed by atoms with E-state index in [1.807, 2.05) is 0 Å². The Hall–Kier alpha value is -0.185. The molecule has 0 amide bonds. The van der Waals surface area contributed by atoms with Gasteiger partial charge in [0.1, 0.15) is 0 Å². The largest absolute Gasteiger partial charge is 0.491 e. The average molecular weight is 138 g/mol. The third-order valence-corrected chi connectivity index (χ3v) is 1.22. The molecule has 0 aromatic carbocycles. The van der Waals surface area contributed by atoms with E-state index in [-0.39, 0.29) is 6.04 Å². The van der Waals surface area contributed by atoms with Crippen LogP contribution in [0.2, 0.25) is 0 Å². The lowest BCUT2D eigenvalue weighted by molar-refractivity contribution is 0.455. The van der Waals surface area contributed by atoms with Crippen LogP contribution in [0.25, 0.3) is 0 Å². The number of hydrogen-bond donors (Lipinski definition) is 1. The van der Waals surface area contributed by atoms with Crippen molar-refractivity contribution >= 4 is 6.98 Å². The normalized spacial score (nSPS) is 20.3. The Kier molecular flexibility index (Phi) is 1.70. The molecular weight excluding hydrogens is 130 g/mol. The third-order valence-electron chi connectivity index (χ3n) is 1.22. The molecule has 0 heterocycles.